The van der Waals surface area contributed by atoms with Crippen LogP contribution >= 0.6 is 0 Å². The SMILES string of the molecule is CNS(=O)(=O)C1CCC(C(C)C)(C(C)C)CC1. The first-order chi connectivity index (χ1) is 7.76. The molecule has 1 aliphatic carbocycles. The van der Waals surface area contributed by atoms with E-state index in [9.17, 15) is 8.42 Å². The van der Waals surface area contributed by atoms with Gasteiger partial charge in [0.2, 0.25) is 10.0 Å². The highest BCUT2D eigenvalue weighted by Crippen LogP contribution is 2.48. The van der Waals surface area contributed by atoms with E-state index in [-0.39, 0.29) is 5.25 Å². The molecule has 1 aliphatic rings. The van der Waals surface area contributed by atoms with Crippen LogP contribution in [0, 0.1) is 17.3 Å². The van der Waals surface area contributed by atoms with E-state index < -0.39 is 10.0 Å². The van der Waals surface area contributed by atoms with Crippen molar-refractivity contribution in [1.82, 2.24) is 4.72 Å². The molecule has 1 fully saturated rings. The zero-order valence-electron chi connectivity index (χ0n) is 11.8. The molecule has 0 aromatic carbocycles. The van der Waals surface area contributed by atoms with Crippen molar-refractivity contribution in [3.05, 3.63) is 0 Å². The molecular formula is C13H27NO2S. The summed E-state index contributed by atoms with van der Waals surface area (Å²) in [5.74, 6) is 1.25. The fraction of sp³-hybridized carbons (Fsp3) is 1.00. The Balaban J connectivity index is 2.79. The van der Waals surface area contributed by atoms with Crippen molar-refractivity contribution in [1.29, 1.82) is 0 Å². The summed E-state index contributed by atoms with van der Waals surface area (Å²) < 4.78 is 26.1. The molecule has 0 spiro atoms. The van der Waals surface area contributed by atoms with Crippen molar-refractivity contribution in [3.8, 4) is 0 Å². The third kappa shape index (κ3) is 2.84. The number of hydrogen-bond acceptors (Lipinski definition) is 2. The summed E-state index contributed by atoms with van der Waals surface area (Å²) in [6.45, 7) is 9.08. The predicted octanol–water partition coefficient (Wildman–Crippen LogP) is 2.78. The molecule has 0 heterocycles. The fourth-order valence-corrected chi connectivity index (χ4v) is 4.62. The quantitative estimate of drug-likeness (QED) is 0.846. The topological polar surface area (TPSA) is 46.2 Å². The summed E-state index contributed by atoms with van der Waals surface area (Å²) in [6.07, 6.45) is 3.68. The van der Waals surface area contributed by atoms with Crippen LogP contribution in [0.15, 0.2) is 0 Å². The fourth-order valence-electron chi connectivity index (χ4n) is 3.43. The van der Waals surface area contributed by atoms with E-state index in [4.69, 9.17) is 0 Å². The maximum atomic E-state index is 11.8. The Morgan fingerprint density at radius 2 is 1.47 bits per heavy atom. The molecular weight excluding hydrogens is 234 g/mol. The van der Waals surface area contributed by atoms with Gasteiger partial charge in [0.05, 0.1) is 5.25 Å². The second kappa shape index (κ2) is 5.27. The molecule has 0 saturated heterocycles. The third-order valence-corrected chi connectivity index (χ3v) is 6.80. The van der Waals surface area contributed by atoms with Crippen molar-refractivity contribution in [3.63, 3.8) is 0 Å². The summed E-state index contributed by atoms with van der Waals surface area (Å²) in [5, 5.41) is -0.182. The highest BCUT2D eigenvalue weighted by atomic mass is 32.2. The Labute approximate surface area is 106 Å². The molecule has 0 radical (unpaired) electrons. The molecule has 3 nitrogen and oxygen atoms in total. The molecule has 102 valence electrons. The van der Waals surface area contributed by atoms with Crippen LogP contribution < -0.4 is 4.72 Å². The van der Waals surface area contributed by atoms with Crippen molar-refractivity contribution < 1.29 is 8.42 Å². The van der Waals surface area contributed by atoms with Gasteiger partial charge in [-0.25, -0.2) is 13.1 Å². The van der Waals surface area contributed by atoms with Crippen LogP contribution in [0.2, 0.25) is 0 Å². The highest BCUT2D eigenvalue weighted by Gasteiger charge is 2.42. The van der Waals surface area contributed by atoms with Crippen molar-refractivity contribution in [2.45, 2.75) is 58.6 Å². The molecule has 17 heavy (non-hydrogen) atoms. The van der Waals surface area contributed by atoms with Gasteiger partial charge < -0.3 is 0 Å². The number of hydrogen-bond donors (Lipinski definition) is 1. The second-order valence-electron chi connectivity index (χ2n) is 5.99. The molecule has 4 heteroatoms. The number of nitrogens with one attached hydrogen (secondary N) is 1. The van der Waals surface area contributed by atoms with Gasteiger partial charge in [-0.15, -0.1) is 0 Å². The Morgan fingerprint density at radius 3 is 1.76 bits per heavy atom. The Morgan fingerprint density at radius 1 is 1.06 bits per heavy atom. The Kier molecular flexibility index (Phi) is 4.64. The largest absolute Gasteiger partial charge is 0.218 e. The molecule has 0 unspecified atom stereocenters. The van der Waals surface area contributed by atoms with Gasteiger partial charge in [-0.3, -0.25) is 0 Å². The van der Waals surface area contributed by atoms with Gasteiger partial charge in [0.25, 0.3) is 0 Å². The van der Waals surface area contributed by atoms with Crippen molar-refractivity contribution in [2.75, 3.05) is 7.05 Å². The summed E-state index contributed by atoms with van der Waals surface area (Å²) in [5.41, 5.74) is 0.333. The molecule has 1 N–H and O–H groups in total. The van der Waals surface area contributed by atoms with Gasteiger partial charge >= 0.3 is 0 Å². The van der Waals surface area contributed by atoms with E-state index in [2.05, 4.69) is 32.4 Å². The molecule has 0 aromatic rings. The van der Waals surface area contributed by atoms with Crippen LogP contribution in [0.5, 0.6) is 0 Å². The molecule has 1 saturated carbocycles. The smallest absolute Gasteiger partial charge is 0.214 e. The van der Waals surface area contributed by atoms with E-state index in [1.165, 1.54) is 7.05 Å². The standard InChI is InChI=1S/C13H27NO2S/c1-10(2)13(11(3)4)8-6-12(7-9-13)17(15,16)14-5/h10-12,14H,6-9H2,1-5H3. The van der Waals surface area contributed by atoms with Crippen LogP contribution in [0.25, 0.3) is 0 Å². The van der Waals surface area contributed by atoms with Crippen molar-refractivity contribution >= 4 is 10.0 Å². The molecule has 1 rings (SSSR count). The predicted molar refractivity (Wildman–Crippen MR) is 72.3 cm³/mol. The van der Waals surface area contributed by atoms with Gasteiger partial charge in [-0.1, -0.05) is 27.7 Å². The molecule has 0 atom stereocenters. The van der Waals surface area contributed by atoms with E-state index in [1.807, 2.05) is 0 Å². The first-order valence-corrected chi connectivity index (χ1v) is 8.23. The van der Waals surface area contributed by atoms with Gasteiger partial charge in [0.1, 0.15) is 0 Å². The van der Waals surface area contributed by atoms with Crippen molar-refractivity contribution in [2.24, 2.45) is 17.3 Å². The average molecular weight is 261 g/mol. The maximum absolute atomic E-state index is 11.8. The highest BCUT2D eigenvalue weighted by molar-refractivity contribution is 7.90. The normalized spacial score (nSPS) is 22.3. The minimum Gasteiger partial charge on any atom is -0.218 e. The summed E-state index contributed by atoms with van der Waals surface area (Å²) in [4.78, 5) is 0. The van der Waals surface area contributed by atoms with Crippen LogP contribution in [-0.2, 0) is 10.0 Å². The lowest BCUT2D eigenvalue weighted by Crippen LogP contribution is -2.42. The number of sulfonamides is 1. The van der Waals surface area contributed by atoms with E-state index in [1.54, 1.807) is 0 Å². The molecule has 0 aromatic heterocycles. The van der Waals surface area contributed by atoms with Gasteiger partial charge in [-0.05, 0) is 50.0 Å². The Bertz CT molecular complexity index is 328. The van der Waals surface area contributed by atoms with Gasteiger partial charge in [-0.2, -0.15) is 0 Å². The van der Waals surface area contributed by atoms with E-state index >= 15 is 0 Å². The monoisotopic (exact) mass is 261 g/mol. The Hall–Kier alpha value is -0.0900. The van der Waals surface area contributed by atoms with Crippen LogP contribution in [0.1, 0.15) is 53.4 Å². The zero-order valence-corrected chi connectivity index (χ0v) is 12.6. The lowest BCUT2D eigenvalue weighted by Gasteiger charge is -2.46. The minimum absolute atomic E-state index is 0.182. The molecule has 0 amide bonds. The summed E-state index contributed by atoms with van der Waals surface area (Å²) in [6, 6.07) is 0. The lowest BCUT2D eigenvalue weighted by molar-refractivity contribution is 0.0597. The van der Waals surface area contributed by atoms with Gasteiger partial charge in [0.15, 0.2) is 0 Å². The molecule has 0 aliphatic heterocycles. The first-order valence-electron chi connectivity index (χ1n) is 6.68. The lowest BCUT2D eigenvalue weighted by atomic mass is 9.61. The maximum Gasteiger partial charge on any atom is 0.214 e. The summed E-state index contributed by atoms with van der Waals surface area (Å²) in [7, 11) is -1.56. The average Bonchev–Trinajstić information content (AvgIpc) is 2.28. The number of rotatable bonds is 4. The first kappa shape index (κ1) is 15.0. The third-order valence-electron chi connectivity index (χ3n) is 4.89. The van der Waals surface area contributed by atoms with Crippen LogP contribution in [0.4, 0.5) is 0 Å². The second-order valence-corrected chi connectivity index (χ2v) is 8.16. The molecule has 0 bridgehead atoms. The van der Waals surface area contributed by atoms with E-state index in [0.717, 1.165) is 25.7 Å². The summed E-state index contributed by atoms with van der Waals surface area (Å²) >= 11 is 0. The van der Waals surface area contributed by atoms with Crippen LogP contribution in [0.3, 0.4) is 0 Å². The van der Waals surface area contributed by atoms with E-state index in [0.29, 0.717) is 17.3 Å². The van der Waals surface area contributed by atoms with Crippen LogP contribution in [-0.4, -0.2) is 20.7 Å². The minimum atomic E-state index is -3.07. The van der Waals surface area contributed by atoms with Gasteiger partial charge in [0, 0.05) is 0 Å². The zero-order chi connectivity index (χ0) is 13.3.